The summed E-state index contributed by atoms with van der Waals surface area (Å²) >= 11 is 0. The van der Waals surface area contributed by atoms with Gasteiger partial charge in [-0.2, -0.15) is 0 Å². The molecule has 0 unspecified atom stereocenters. The Labute approximate surface area is 153 Å². The smallest absolute Gasteiger partial charge is 0.213 e. The fourth-order valence-electron chi connectivity index (χ4n) is 2.70. The van der Waals surface area contributed by atoms with Crippen molar-refractivity contribution in [2.45, 2.75) is 39.3 Å². The number of hydrogen-bond donors (Lipinski definition) is 1. The summed E-state index contributed by atoms with van der Waals surface area (Å²) in [6.07, 6.45) is 1.79. The molecule has 0 saturated carbocycles. The third-order valence-corrected chi connectivity index (χ3v) is 4.13. The Balaban J connectivity index is 1.62. The van der Waals surface area contributed by atoms with Crippen molar-refractivity contribution in [3.05, 3.63) is 53.9 Å². The molecule has 0 atom stereocenters. The van der Waals surface area contributed by atoms with Crippen molar-refractivity contribution in [1.29, 1.82) is 0 Å². The number of benzene rings is 1. The lowest BCUT2D eigenvalue weighted by Crippen LogP contribution is -2.38. The SMILES string of the molecule is CN=C(NCc1ncc(C(C)(C)C)o1)N(C)Cc1cc2ccccc2o1. The quantitative estimate of drug-likeness (QED) is 0.568. The van der Waals surface area contributed by atoms with Crippen LogP contribution >= 0.6 is 0 Å². The average molecular weight is 354 g/mol. The molecule has 0 spiro atoms. The molecular weight excluding hydrogens is 328 g/mol. The lowest BCUT2D eigenvalue weighted by atomic mass is 9.94. The summed E-state index contributed by atoms with van der Waals surface area (Å²) in [6, 6.07) is 10.1. The zero-order valence-corrected chi connectivity index (χ0v) is 16.0. The molecule has 1 aromatic carbocycles. The van der Waals surface area contributed by atoms with Gasteiger partial charge in [0.1, 0.15) is 17.1 Å². The van der Waals surface area contributed by atoms with Crippen LogP contribution in [0.2, 0.25) is 0 Å². The van der Waals surface area contributed by atoms with Gasteiger partial charge in [0.15, 0.2) is 5.96 Å². The van der Waals surface area contributed by atoms with Gasteiger partial charge in [0.25, 0.3) is 0 Å². The predicted octanol–water partition coefficient (Wildman–Crippen LogP) is 3.93. The van der Waals surface area contributed by atoms with Crippen LogP contribution in [0.25, 0.3) is 11.0 Å². The molecule has 0 aliphatic rings. The van der Waals surface area contributed by atoms with Gasteiger partial charge >= 0.3 is 0 Å². The number of nitrogens with zero attached hydrogens (tertiary/aromatic N) is 3. The van der Waals surface area contributed by atoms with E-state index in [1.165, 1.54) is 0 Å². The first-order chi connectivity index (χ1) is 12.4. The Kier molecular flexibility index (Phi) is 5.02. The van der Waals surface area contributed by atoms with Crippen LogP contribution in [-0.2, 0) is 18.5 Å². The largest absolute Gasteiger partial charge is 0.459 e. The number of nitrogens with one attached hydrogen (secondary N) is 1. The maximum atomic E-state index is 5.88. The van der Waals surface area contributed by atoms with Gasteiger partial charge in [0.05, 0.1) is 19.3 Å². The average Bonchev–Trinajstić information content (AvgIpc) is 3.21. The van der Waals surface area contributed by atoms with Crippen molar-refractivity contribution in [2.24, 2.45) is 4.99 Å². The van der Waals surface area contributed by atoms with Gasteiger partial charge < -0.3 is 19.1 Å². The van der Waals surface area contributed by atoms with Gasteiger partial charge in [-0.15, -0.1) is 0 Å². The van der Waals surface area contributed by atoms with Crippen LogP contribution in [-0.4, -0.2) is 29.9 Å². The van der Waals surface area contributed by atoms with E-state index < -0.39 is 0 Å². The lowest BCUT2D eigenvalue weighted by molar-refractivity contribution is 0.373. The fourth-order valence-corrected chi connectivity index (χ4v) is 2.70. The van der Waals surface area contributed by atoms with Crippen LogP contribution in [0, 0.1) is 0 Å². The van der Waals surface area contributed by atoms with E-state index in [0.717, 1.165) is 28.4 Å². The summed E-state index contributed by atoms with van der Waals surface area (Å²) < 4.78 is 11.7. The normalized spacial score (nSPS) is 12.6. The van der Waals surface area contributed by atoms with Crippen molar-refractivity contribution in [3.8, 4) is 0 Å². The number of rotatable bonds is 4. The zero-order valence-electron chi connectivity index (χ0n) is 16.0. The van der Waals surface area contributed by atoms with Gasteiger partial charge in [0.2, 0.25) is 5.89 Å². The number of furan rings is 1. The zero-order chi connectivity index (χ0) is 18.7. The Morgan fingerprint density at radius 3 is 2.65 bits per heavy atom. The summed E-state index contributed by atoms with van der Waals surface area (Å²) in [5.41, 5.74) is 0.846. The van der Waals surface area contributed by atoms with Crippen molar-refractivity contribution < 1.29 is 8.83 Å². The number of fused-ring (bicyclic) bond motifs is 1. The highest BCUT2D eigenvalue weighted by Gasteiger charge is 2.19. The molecule has 0 saturated heterocycles. The molecule has 1 N–H and O–H groups in total. The Hall–Kier alpha value is -2.76. The molecule has 3 rings (SSSR count). The van der Waals surface area contributed by atoms with E-state index in [9.17, 15) is 0 Å². The molecule has 6 heteroatoms. The van der Waals surface area contributed by atoms with E-state index in [1.807, 2.05) is 36.2 Å². The molecule has 0 fully saturated rings. The highest BCUT2D eigenvalue weighted by atomic mass is 16.4. The van der Waals surface area contributed by atoms with E-state index in [1.54, 1.807) is 13.2 Å². The first kappa shape index (κ1) is 18.0. The molecule has 2 heterocycles. The third-order valence-electron chi connectivity index (χ3n) is 4.13. The number of para-hydroxylation sites is 1. The number of aromatic nitrogens is 1. The number of guanidine groups is 1. The van der Waals surface area contributed by atoms with E-state index in [2.05, 4.69) is 42.1 Å². The second-order valence-electron chi connectivity index (χ2n) is 7.38. The second kappa shape index (κ2) is 7.23. The molecule has 3 aromatic rings. The maximum absolute atomic E-state index is 5.88. The van der Waals surface area contributed by atoms with Crippen LogP contribution in [0.4, 0.5) is 0 Å². The van der Waals surface area contributed by atoms with Crippen LogP contribution in [0.3, 0.4) is 0 Å². The molecule has 2 aromatic heterocycles. The summed E-state index contributed by atoms with van der Waals surface area (Å²) in [5.74, 6) is 3.16. The summed E-state index contributed by atoms with van der Waals surface area (Å²) in [4.78, 5) is 10.7. The van der Waals surface area contributed by atoms with E-state index in [0.29, 0.717) is 19.0 Å². The minimum atomic E-state index is -0.0506. The van der Waals surface area contributed by atoms with Gasteiger partial charge in [-0.25, -0.2) is 4.98 Å². The first-order valence-corrected chi connectivity index (χ1v) is 8.71. The van der Waals surface area contributed by atoms with Gasteiger partial charge in [0, 0.05) is 24.9 Å². The minimum absolute atomic E-state index is 0.0506. The van der Waals surface area contributed by atoms with Crippen molar-refractivity contribution >= 4 is 16.9 Å². The molecule has 0 amide bonds. The van der Waals surface area contributed by atoms with Crippen molar-refractivity contribution in [3.63, 3.8) is 0 Å². The Bertz CT molecular complexity index is 869. The molecule has 138 valence electrons. The van der Waals surface area contributed by atoms with Crippen LogP contribution in [0.15, 0.2) is 50.4 Å². The second-order valence-corrected chi connectivity index (χ2v) is 7.38. The number of oxazole rings is 1. The molecular formula is C20H26N4O2. The molecule has 0 aliphatic carbocycles. The molecule has 0 bridgehead atoms. The standard InChI is InChI=1S/C20H26N4O2/c1-20(2,3)17-11-22-18(26-17)12-23-19(21-4)24(5)13-15-10-14-8-6-7-9-16(14)25-15/h6-11H,12-13H2,1-5H3,(H,21,23). The van der Waals surface area contributed by atoms with Gasteiger partial charge in [-0.05, 0) is 12.1 Å². The Morgan fingerprint density at radius 1 is 1.23 bits per heavy atom. The van der Waals surface area contributed by atoms with Crippen LogP contribution in [0.1, 0.15) is 38.2 Å². The molecule has 6 nitrogen and oxygen atoms in total. The molecule has 0 aliphatic heterocycles. The minimum Gasteiger partial charge on any atom is -0.459 e. The van der Waals surface area contributed by atoms with Crippen molar-refractivity contribution in [2.75, 3.05) is 14.1 Å². The summed E-state index contributed by atoms with van der Waals surface area (Å²) in [5, 5.41) is 4.39. The maximum Gasteiger partial charge on any atom is 0.213 e. The number of hydrogen-bond acceptors (Lipinski definition) is 4. The monoisotopic (exact) mass is 354 g/mol. The van der Waals surface area contributed by atoms with Gasteiger partial charge in [-0.3, -0.25) is 4.99 Å². The van der Waals surface area contributed by atoms with Crippen LogP contribution < -0.4 is 5.32 Å². The molecule has 26 heavy (non-hydrogen) atoms. The van der Waals surface area contributed by atoms with Crippen LogP contribution in [0.5, 0.6) is 0 Å². The first-order valence-electron chi connectivity index (χ1n) is 8.71. The predicted molar refractivity (Wildman–Crippen MR) is 103 cm³/mol. The summed E-state index contributed by atoms with van der Waals surface area (Å²) in [7, 11) is 3.73. The van der Waals surface area contributed by atoms with Crippen molar-refractivity contribution in [1.82, 2.24) is 15.2 Å². The van der Waals surface area contributed by atoms with E-state index in [-0.39, 0.29) is 5.41 Å². The highest BCUT2D eigenvalue weighted by molar-refractivity contribution is 5.80. The lowest BCUT2D eigenvalue weighted by Gasteiger charge is -2.20. The van der Waals surface area contributed by atoms with Gasteiger partial charge in [-0.1, -0.05) is 39.0 Å². The van der Waals surface area contributed by atoms with E-state index >= 15 is 0 Å². The number of aliphatic imine (C=N–C) groups is 1. The topological polar surface area (TPSA) is 66.8 Å². The highest BCUT2D eigenvalue weighted by Crippen LogP contribution is 2.22. The Morgan fingerprint density at radius 2 is 2.00 bits per heavy atom. The van der Waals surface area contributed by atoms with E-state index in [4.69, 9.17) is 8.83 Å². The molecule has 0 radical (unpaired) electrons. The fraction of sp³-hybridized carbons (Fsp3) is 0.400. The summed E-state index contributed by atoms with van der Waals surface area (Å²) in [6.45, 7) is 7.40. The third kappa shape index (κ3) is 4.07.